The Morgan fingerprint density at radius 2 is 2.06 bits per heavy atom. The number of ketones is 1. The number of halogens is 1. The quantitative estimate of drug-likeness (QED) is 0.808. The number of carbonyl (C=O) groups is 2. The Bertz CT molecular complexity index is 459. The second-order valence-corrected chi connectivity index (χ2v) is 3.90. The van der Waals surface area contributed by atoms with Crippen LogP contribution in [0.5, 0.6) is 0 Å². The van der Waals surface area contributed by atoms with E-state index in [0.717, 1.165) is 0 Å². The van der Waals surface area contributed by atoms with Crippen molar-refractivity contribution in [3.05, 3.63) is 28.8 Å². The Hall–Kier alpha value is -1.39. The number of hydrogen-bond acceptors (Lipinski definition) is 3. The van der Waals surface area contributed by atoms with Gasteiger partial charge in [0.15, 0.2) is 0 Å². The van der Waals surface area contributed by atoms with Crippen LogP contribution >= 0.6 is 11.6 Å². The van der Waals surface area contributed by atoms with Crippen molar-refractivity contribution < 1.29 is 14.7 Å². The zero-order chi connectivity index (χ0) is 11.7. The molecule has 2 rings (SSSR count). The van der Waals surface area contributed by atoms with Gasteiger partial charge in [0.25, 0.3) is 11.7 Å². The maximum Gasteiger partial charge on any atom is 0.299 e. The van der Waals surface area contributed by atoms with Crippen LogP contribution < -0.4 is 4.90 Å². The first-order valence-electron chi connectivity index (χ1n) is 4.92. The molecule has 0 saturated heterocycles. The van der Waals surface area contributed by atoms with Gasteiger partial charge in [-0.3, -0.25) is 9.59 Å². The number of fused-ring (bicyclic) bond motifs is 1. The molecule has 0 radical (unpaired) electrons. The molecule has 1 N–H and O–H groups in total. The lowest BCUT2D eigenvalue weighted by Crippen LogP contribution is -2.31. The smallest absolute Gasteiger partial charge is 0.299 e. The Balaban J connectivity index is 2.42. The fraction of sp³-hybridized carbons (Fsp3) is 0.273. The third kappa shape index (κ3) is 1.60. The number of benzene rings is 1. The number of anilines is 1. The maximum absolute atomic E-state index is 11.7. The van der Waals surface area contributed by atoms with Crippen LogP contribution in [-0.4, -0.2) is 29.9 Å². The van der Waals surface area contributed by atoms with Gasteiger partial charge in [-0.25, -0.2) is 0 Å². The summed E-state index contributed by atoms with van der Waals surface area (Å²) in [5.74, 6) is -1.14. The predicted molar refractivity (Wildman–Crippen MR) is 59.8 cm³/mol. The van der Waals surface area contributed by atoms with E-state index in [9.17, 15) is 9.59 Å². The molecule has 1 aromatic carbocycles. The van der Waals surface area contributed by atoms with Crippen LogP contribution in [0.3, 0.4) is 0 Å². The lowest BCUT2D eigenvalue weighted by Gasteiger charge is -2.15. The van der Waals surface area contributed by atoms with Gasteiger partial charge in [0.2, 0.25) is 0 Å². The molecular weight excluding hydrogens is 230 g/mol. The summed E-state index contributed by atoms with van der Waals surface area (Å²) in [6.07, 6.45) is 0.435. The van der Waals surface area contributed by atoms with E-state index in [1.807, 2.05) is 0 Å². The Morgan fingerprint density at radius 3 is 2.75 bits per heavy atom. The highest BCUT2D eigenvalue weighted by molar-refractivity contribution is 6.55. The molecule has 1 aliphatic heterocycles. The van der Waals surface area contributed by atoms with Gasteiger partial charge in [-0.1, -0.05) is 17.7 Å². The van der Waals surface area contributed by atoms with Gasteiger partial charge in [-0.15, -0.1) is 0 Å². The summed E-state index contributed by atoms with van der Waals surface area (Å²) < 4.78 is 0. The summed E-state index contributed by atoms with van der Waals surface area (Å²) >= 11 is 5.88. The molecule has 0 atom stereocenters. The topological polar surface area (TPSA) is 57.6 Å². The lowest BCUT2D eigenvalue weighted by atomic mass is 10.1. The second kappa shape index (κ2) is 4.23. The van der Waals surface area contributed by atoms with Crippen LogP contribution in [0.1, 0.15) is 16.8 Å². The molecule has 16 heavy (non-hydrogen) atoms. The average Bonchev–Trinajstić information content (AvgIpc) is 2.51. The molecule has 0 unspecified atom stereocenters. The highest BCUT2D eigenvalue weighted by atomic mass is 35.5. The van der Waals surface area contributed by atoms with Crippen molar-refractivity contribution in [2.45, 2.75) is 6.42 Å². The summed E-state index contributed by atoms with van der Waals surface area (Å²) in [4.78, 5) is 24.7. The Labute approximate surface area is 97.4 Å². The molecule has 1 heterocycles. The number of aliphatic hydroxyl groups is 1. The fourth-order valence-electron chi connectivity index (χ4n) is 1.75. The first-order valence-corrected chi connectivity index (χ1v) is 5.30. The summed E-state index contributed by atoms with van der Waals surface area (Å²) in [7, 11) is 0. The molecule has 84 valence electrons. The van der Waals surface area contributed by atoms with E-state index in [-0.39, 0.29) is 12.2 Å². The molecule has 0 aliphatic carbocycles. The van der Waals surface area contributed by atoms with Gasteiger partial charge in [0.1, 0.15) is 0 Å². The number of Topliss-reactive ketones (excluding diaryl/α,β-unsaturated/α-hetero) is 1. The van der Waals surface area contributed by atoms with E-state index in [0.29, 0.717) is 23.7 Å². The summed E-state index contributed by atoms with van der Waals surface area (Å²) in [6, 6.07) is 4.96. The molecule has 4 nitrogen and oxygen atoms in total. The number of carbonyl (C=O) groups excluding carboxylic acids is 2. The minimum atomic E-state index is -0.573. The normalized spacial score (nSPS) is 14.5. The van der Waals surface area contributed by atoms with E-state index in [1.54, 1.807) is 18.2 Å². The van der Waals surface area contributed by atoms with Gasteiger partial charge in [0, 0.05) is 13.2 Å². The first-order chi connectivity index (χ1) is 7.66. The monoisotopic (exact) mass is 239 g/mol. The van der Waals surface area contributed by atoms with E-state index in [1.165, 1.54) is 4.90 Å². The van der Waals surface area contributed by atoms with E-state index in [2.05, 4.69) is 0 Å². The molecule has 1 aromatic rings. The zero-order valence-electron chi connectivity index (χ0n) is 8.44. The molecule has 1 aliphatic rings. The van der Waals surface area contributed by atoms with Crippen LogP contribution in [0.15, 0.2) is 18.2 Å². The number of rotatable bonds is 3. The molecule has 0 saturated carbocycles. The van der Waals surface area contributed by atoms with E-state index < -0.39 is 11.7 Å². The van der Waals surface area contributed by atoms with Crippen LogP contribution in [0.25, 0.3) is 0 Å². The summed E-state index contributed by atoms with van der Waals surface area (Å²) in [6.45, 7) is 0.308. The molecule has 0 fully saturated rings. The van der Waals surface area contributed by atoms with Gasteiger partial charge in [0.05, 0.1) is 16.3 Å². The zero-order valence-corrected chi connectivity index (χ0v) is 9.20. The van der Waals surface area contributed by atoms with Crippen molar-refractivity contribution >= 4 is 29.0 Å². The number of nitrogens with zero attached hydrogens (tertiary/aromatic N) is 1. The van der Waals surface area contributed by atoms with E-state index in [4.69, 9.17) is 16.7 Å². The minimum Gasteiger partial charge on any atom is -0.396 e. The van der Waals surface area contributed by atoms with Crippen LogP contribution in [0.2, 0.25) is 5.02 Å². The highest BCUT2D eigenvalue weighted by Gasteiger charge is 2.36. The van der Waals surface area contributed by atoms with Gasteiger partial charge < -0.3 is 10.0 Å². The standard InChI is InChI=1S/C11H10ClNO3/c12-7-3-1-4-8-9(7)10(15)11(16)13(8)5-2-6-14/h1,3-4,14H,2,5-6H2. The number of hydrogen-bond donors (Lipinski definition) is 1. The number of aliphatic hydroxyl groups excluding tert-OH is 1. The molecule has 5 heteroatoms. The number of amides is 1. The van der Waals surface area contributed by atoms with Crippen molar-refractivity contribution in [3.63, 3.8) is 0 Å². The van der Waals surface area contributed by atoms with Crippen LogP contribution in [0.4, 0.5) is 5.69 Å². The Morgan fingerprint density at radius 1 is 1.31 bits per heavy atom. The van der Waals surface area contributed by atoms with Crippen molar-refractivity contribution in [1.82, 2.24) is 0 Å². The molecule has 0 spiro atoms. The predicted octanol–water partition coefficient (Wildman–Crippen LogP) is 1.25. The van der Waals surface area contributed by atoms with Gasteiger partial charge in [-0.2, -0.15) is 0 Å². The third-order valence-corrected chi connectivity index (χ3v) is 2.80. The average molecular weight is 240 g/mol. The van der Waals surface area contributed by atoms with Gasteiger partial charge >= 0.3 is 0 Å². The Kier molecular flexibility index (Phi) is 2.94. The molecular formula is C11H10ClNO3. The lowest BCUT2D eigenvalue weighted by molar-refractivity contribution is -0.114. The van der Waals surface area contributed by atoms with Crippen molar-refractivity contribution in [2.75, 3.05) is 18.1 Å². The summed E-state index contributed by atoms with van der Waals surface area (Å²) in [5.41, 5.74) is 0.808. The SMILES string of the molecule is O=C1C(=O)N(CCCO)c2cccc(Cl)c21. The van der Waals surface area contributed by atoms with Gasteiger partial charge in [-0.05, 0) is 18.6 Å². The van der Waals surface area contributed by atoms with E-state index >= 15 is 0 Å². The van der Waals surface area contributed by atoms with Crippen molar-refractivity contribution in [3.8, 4) is 0 Å². The largest absolute Gasteiger partial charge is 0.396 e. The second-order valence-electron chi connectivity index (χ2n) is 3.50. The summed E-state index contributed by atoms with van der Waals surface area (Å²) in [5, 5.41) is 9.03. The maximum atomic E-state index is 11.7. The third-order valence-electron chi connectivity index (χ3n) is 2.49. The van der Waals surface area contributed by atoms with Crippen molar-refractivity contribution in [1.29, 1.82) is 0 Å². The van der Waals surface area contributed by atoms with Crippen molar-refractivity contribution in [2.24, 2.45) is 0 Å². The molecule has 0 aromatic heterocycles. The molecule has 1 amide bonds. The molecule has 0 bridgehead atoms. The van der Waals surface area contributed by atoms with Crippen LogP contribution in [-0.2, 0) is 4.79 Å². The van der Waals surface area contributed by atoms with Crippen LogP contribution in [0, 0.1) is 0 Å². The fourth-order valence-corrected chi connectivity index (χ4v) is 2.01. The first kappa shape index (κ1) is 11.1. The highest BCUT2D eigenvalue weighted by Crippen LogP contribution is 2.33. The minimum absolute atomic E-state index is 0.0200.